The lowest BCUT2D eigenvalue weighted by molar-refractivity contribution is 0.172. The van der Waals surface area contributed by atoms with Crippen molar-refractivity contribution < 1.29 is 18.3 Å². The third-order valence-corrected chi connectivity index (χ3v) is 6.50. The number of aromatic nitrogens is 1. The summed E-state index contributed by atoms with van der Waals surface area (Å²) in [4.78, 5) is 3.44. The SMILES string of the molecule is Cc1[nH]c2cc(OCCNCC(O)c3ccc(Cl)c(NS(C)(=O)=O)c3)ccc2c1-c1ccccc1. The van der Waals surface area contributed by atoms with Crippen molar-refractivity contribution in [3.8, 4) is 16.9 Å². The van der Waals surface area contributed by atoms with E-state index in [0.717, 1.165) is 28.6 Å². The Morgan fingerprint density at radius 3 is 2.60 bits per heavy atom. The van der Waals surface area contributed by atoms with Crippen LogP contribution in [-0.4, -0.2) is 44.5 Å². The van der Waals surface area contributed by atoms with Gasteiger partial charge in [-0.15, -0.1) is 0 Å². The molecule has 1 atom stereocenters. The quantitative estimate of drug-likeness (QED) is 0.226. The molecule has 35 heavy (non-hydrogen) atoms. The van der Waals surface area contributed by atoms with Crippen LogP contribution in [0, 0.1) is 6.92 Å². The lowest BCUT2D eigenvalue weighted by Gasteiger charge is -2.15. The van der Waals surface area contributed by atoms with Crippen LogP contribution in [0.15, 0.2) is 66.7 Å². The Balaban J connectivity index is 1.31. The predicted molar refractivity (Wildman–Crippen MR) is 142 cm³/mol. The number of aliphatic hydroxyl groups is 1. The maximum absolute atomic E-state index is 11.5. The van der Waals surface area contributed by atoms with Crippen molar-refractivity contribution in [1.82, 2.24) is 10.3 Å². The summed E-state index contributed by atoms with van der Waals surface area (Å²) in [6.07, 6.45) is 0.215. The van der Waals surface area contributed by atoms with Gasteiger partial charge in [0.25, 0.3) is 0 Å². The average Bonchev–Trinajstić information content (AvgIpc) is 3.14. The van der Waals surface area contributed by atoms with E-state index < -0.39 is 16.1 Å². The molecule has 0 saturated heterocycles. The van der Waals surface area contributed by atoms with Gasteiger partial charge in [0.05, 0.1) is 23.1 Å². The molecule has 0 aliphatic carbocycles. The van der Waals surface area contributed by atoms with Gasteiger partial charge >= 0.3 is 0 Å². The number of aryl methyl sites for hydroxylation is 1. The number of aromatic amines is 1. The molecule has 0 radical (unpaired) electrons. The molecule has 0 fully saturated rings. The molecular formula is C26H28ClN3O4S. The highest BCUT2D eigenvalue weighted by Crippen LogP contribution is 2.33. The molecule has 0 bridgehead atoms. The number of fused-ring (bicyclic) bond motifs is 1. The Bertz CT molecular complexity index is 1420. The maximum atomic E-state index is 11.5. The van der Waals surface area contributed by atoms with Crippen molar-refractivity contribution in [1.29, 1.82) is 0 Å². The Morgan fingerprint density at radius 2 is 1.86 bits per heavy atom. The molecule has 7 nitrogen and oxygen atoms in total. The van der Waals surface area contributed by atoms with E-state index in [-0.39, 0.29) is 17.3 Å². The second-order valence-corrected chi connectivity index (χ2v) is 10.5. The van der Waals surface area contributed by atoms with Crippen LogP contribution in [0.5, 0.6) is 5.75 Å². The molecule has 1 unspecified atom stereocenters. The molecular weight excluding hydrogens is 486 g/mol. The minimum atomic E-state index is -3.47. The summed E-state index contributed by atoms with van der Waals surface area (Å²) in [6, 6.07) is 21.1. The summed E-state index contributed by atoms with van der Waals surface area (Å²) >= 11 is 6.05. The summed E-state index contributed by atoms with van der Waals surface area (Å²) in [7, 11) is -3.47. The number of rotatable bonds is 10. The standard InChI is InChI=1S/C26H28ClN3O4S/c1-17-26(18-6-4-3-5-7-18)21-10-9-20(15-23(21)29-17)34-13-12-28-16-25(31)19-8-11-22(27)24(14-19)30-35(2,32)33/h3-11,14-15,25,28-31H,12-13,16H2,1-2H3. The van der Waals surface area contributed by atoms with Crippen LogP contribution in [0.3, 0.4) is 0 Å². The predicted octanol–water partition coefficient (Wildman–Crippen LogP) is 4.87. The van der Waals surface area contributed by atoms with Crippen LogP contribution in [0.25, 0.3) is 22.0 Å². The zero-order valence-corrected chi connectivity index (χ0v) is 21.1. The van der Waals surface area contributed by atoms with Gasteiger partial charge in [0, 0.05) is 41.3 Å². The fourth-order valence-electron chi connectivity index (χ4n) is 4.00. The third-order valence-electron chi connectivity index (χ3n) is 5.58. The number of benzene rings is 3. The number of nitrogens with one attached hydrogen (secondary N) is 3. The highest BCUT2D eigenvalue weighted by Gasteiger charge is 2.13. The van der Waals surface area contributed by atoms with Gasteiger partial charge in [-0.05, 0) is 42.3 Å². The van der Waals surface area contributed by atoms with Crippen molar-refractivity contribution in [2.75, 3.05) is 30.7 Å². The fourth-order valence-corrected chi connectivity index (χ4v) is 4.79. The molecule has 0 amide bonds. The molecule has 4 aromatic rings. The van der Waals surface area contributed by atoms with E-state index in [0.29, 0.717) is 18.7 Å². The first-order chi connectivity index (χ1) is 16.7. The summed E-state index contributed by atoms with van der Waals surface area (Å²) in [5, 5.41) is 15.0. The lowest BCUT2D eigenvalue weighted by Crippen LogP contribution is -2.26. The summed E-state index contributed by atoms with van der Waals surface area (Å²) in [5.41, 5.74) is 5.28. The molecule has 0 spiro atoms. The minimum Gasteiger partial charge on any atom is -0.492 e. The van der Waals surface area contributed by atoms with E-state index in [2.05, 4.69) is 40.1 Å². The van der Waals surface area contributed by atoms with Gasteiger partial charge in [-0.25, -0.2) is 8.42 Å². The van der Waals surface area contributed by atoms with Crippen molar-refractivity contribution >= 4 is 38.2 Å². The van der Waals surface area contributed by atoms with E-state index in [1.54, 1.807) is 12.1 Å². The smallest absolute Gasteiger partial charge is 0.229 e. The van der Waals surface area contributed by atoms with Crippen LogP contribution < -0.4 is 14.8 Å². The topological polar surface area (TPSA) is 103 Å². The molecule has 0 saturated carbocycles. The number of anilines is 1. The van der Waals surface area contributed by atoms with Crippen molar-refractivity contribution in [2.45, 2.75) is 13.0 Å². The number of sulfonamides is 1. The van der Waals surface area contributed by atoms with E-state index in [1.807, 2.05) is 30.3 Å². The molecule has 0 aliphatic rings. The second kappa shape index (κ2) is 10.7. The molecule has 4 rings (SSSR count). The van der Waals surface area contributed by atoms with Crippen LogP contribution in [0.4, 0.5) is 5.69 Å². The third kappa shape index (κ3) is 6.35. The first-order valence-corrected chi connectivity index (χ1v) is 13.4. The maximum Gasteiger partial charge on any atom is 0.229 e. The van der Waals surface area contributed by atoms with Gasteiger partial charge in [0.2, 0.25) is 10.0 Å². The summed E-state index contributed by atoms with van der Waals surface area (Å²) < 4.78 is 31.2. The normalized spacial score (nSPS) is 12.6. The zero-order chi connectivity index (χ0) is 25.0. The van der Waals surface area contributed by atoms with E-state index >= 15 is 0 Å². The van der Waals surface area contributed by atoms with Gasteiger partial charge in [0.15, 0.2) is 0 Å². The van der Waals surface area contributed by atoms with Gasteiger partial charge < -0.3 is 20.1 Å². The van der Waals surface area contributed by atoms with Crippen LogP contribution in [0.2, 0.25) is 5.02 Å². The summed E-state index contributed by atoms with van der Waals surface area (Å²) in [5.74, 6) is 0.759. The zero-order valence-electron chi connectivity index (χ0n) is 19.5. The van der Waals surface area contributed by atoms with Gasteiger partial charge in [-0.1, -0.05) is 48.0 Å². The molecule has 9 heteroatoms. The monoisotopic (exact) mass is 513 g/mol. The van der Waals surface area contributed by atoms with Crippen molar-refractivity contribution in [3.63, 3.8) is 0 Å². The largest absolute Gasteiger partial charge is 0.492 e. The first-order valence-electron chi connectivity index (χ1n) is 11.2. The van der Waals surface area contributed by atoms with E-state index in [1.165, 1.54) is 17.2 Å². The Kier molecular flexibility index (Phi) is 7.66. The van der Waals surface area contributed by atoms with Crippen LogP contribution in [-0.2, 0) is 10.0 Å². The fraction of sp³-hybridized carbons (Fsp3) is 0.231. The molecule has 3 aromatic carbocycles. The lowest BCUT2D eigenvalue weighted by atomic mass is 10.0. The highest BCUT2D eigenvalue weighted by molar-refractivity contribution is 7.92. The van der Waals surface area contributed by atoms with Gasteiger partial charge in [-0.3, -0.25) is 4.72 Å². The van der Waals surface area contributed by atoms with Crippen molar-refractivity contribution in [2.24, 2.45) is 0 Å². The molecule has 4 N–H and O–H groups in total. The molecule has 1 aromatic heterocycles. The Hall–Kier alpha value is -3.04. The minimum absolute atomic E-state index is 0.236. The molecule has 0 aliphatic heterocycles. The van der Waals surface area contributed by atoms with E-state index in [4.69, 9.17) is 16.3 Å². The van der Waals surface area contributed by atoms with Gasteiger partial charge in [0.1, 0.15) is 12.4 Å². The van der Waals surface area contributed by atoms with Crippen molar-refractivity contribution in [3.05, 3.63) is 83.0 Å². The molecule has 184 valence electrons. The second-order valence-electron chi connectivity index (χ2n) is 8.38. The van der Waals surface area contributed by atoms with E-state index in [9.17, 15) is 13.5 Å². The molecule has 1 heterocycles. The number of halogens is 1. The number of ether oxygens (including phenoxy) is 1. The van der Waals surface area contributed by atoms with Crippen LogP contribution >= 0.6 is 11.6 Å². The number of hydrogen-bond donors (Lipinski definition) is 4. The number of H-pyrrole nitrogens is 1. The first kappa shape index (κ1) is 25.1. The van der Waals surface area contributed by atoms with Crippen LogP contribution in [0.1, 0.15) is 17.4 Å². The number of hydrogen-bond acceptors (Lipinski definition) is 5. The average molecular weight is 514 g/mol. The Labute approximate surface area is 210 Å². The summed E-state index contributed by atoms with van der Waals surface area (Å²) in [6.45, 7) is 3.29. The number of aliphatic hydroxyl groups excluding tert-OH is 1. The Morgan fingerprint density at radius 1 is 1.09 bits per heavy atom. The van der Waals surface area contributed by atoms with Gasteiger partial charge in [-0.2, -0.15) is 0 Å². The highest BCUT2D eigenvalue weighted by atomic mass is 35.5.